The van der Waals surface area contributed by atoms with E-state index in [4.69, 9.17) is 0 Å². The van der Waals surface area contributed by atoms with E-state index in [-0.39, 0.29) is 22.9 Å². The first-order valence-corrected chi connectivity index (χ1v) is 14.5. The molecule has 0 saturated heterocycles. The van der Waals surface area contributed by atoms with Crippen molar-refractivity contribution in [2.45, 2.75) is 79.1 Å². The van der Waals surface area contributed by atoms with E-state index in [2.05, 4.69) is 35.1 Å². The van der Waals surface area contributed by atoms with E-state index in [1.54, 1.807) is 36.4 Å². The maximum Gasteiger partial charge on any atom is 0.292 e. The molecule has 2 aromatic rings. The van der Waals surface area contributed by atoms with E-state index in [1.165, 1.54) is 26.0 Å². The highest BCUT2D eigenvalue weighted by molar-refractivity contribution is 6.44. The lowest BCUT2D eigenvalue weighted by molar-refractivity contribution is -0.117. The number of carbonyl (C=O) groups excluding carboxylic acids is 6. The molecular formula is C32H44N4O6. The summed E-state index contributed by atoms with van der Waals surface area (Å²) in [4.78, 5) is 70.1. The number of ketones is 2. The fourth-order valence-corrected chi connectivity index (χ4v) is 3.87. The Hall–Kier alpha value is -4.34. The van der Waals surface area contributed by atoms with Crippen LogP contribution in [0.2, 0.25) is 0 Å². The van der Waals surface area contributed by atoms with Crippen LogP contribution in [0.1, 0.15) is 99.8 Å². The van der Waals surface area contributed by atoms with Gasteiger partial charge in [-0.3, -0.25) is 28.8 Å². The summed E-state index contributed by atoms with van der Waals surface area (Å²) in [6, 6.07) is 13.0. The van der Waals surface area contributed by atoms with Gasteiger partial charge in [0.1, 0.15) is 0 Å². The fraction of sp³-hybridized carbons (Fsp3) is 0.438. The van der Waals surface area contributed by atoms with E-state index in [1.807, 2.05) is 0 Å². The van der Waals surface area contributed by atoms with Gasteiger partial charge in [0, 0.05) is 26.9 Å². The Labute approximate surface area is 248 Å². The topological polar surface area (TPSA) is 151 Å². The average Bonchev–Trinajstić information content (AvgIpc) is 2.96. The zero-order valence-electron chi connectivity index (χ0n) is 25.1. The lowest BCUT2D eigenvalue weighted by Crippen LogP contribution is -2.32. The molecule has 0 saturated carbocycles. The van der Waals surface area contributed by atoms with Gasteiger partial charge in [-0.1, -0.05) is 76.6 Å². The van der Waals surface area contributed by atoms with Crippen LogP contribution >= 0.6 is 0 Å². The minimum Gasteiger partial charge on any atom is -0.349 e. The number of hydrogen-bond donors (Lipinski definition) is 4. The van der Waals surface area contributed by atoms with Crippen LogP contribution in [-0.4, -0.2) is 48.3 Å². The summed E-state index contributed by atoms with van der Waals surface area (Å²) < 4.78 is 0. The molecule has 228 valence electrons. The van der Waals surface area contributed by atoms with E-state index >= 15 is 0 Å². The summed E-state index contributed by atoms with van der Waals surface area (Å²) in [5, 5.41) is 10.3. The van der Waals surface area contributed by atoms with Gasteiger partial charge in [0.15, 0.2) is 0 Å². The van der Waals surface area contributed by atoms with E-state index in [9.17, 15) is 28.8 Å². The van der Waals surface area contributed by atoms with Crippen LogP contribution in [0.5, 0.6) is 0 Å². The highest BCUT2D eigenvalue weighted by Crippen LogP contribution is 2.17. The third-order valence-electron chi connectivity index (χ3n) is 6.01. The average molecular weight is 581 g/mol. The van der Waals surface area contributed by atoms with E-state index < -0.39 is 23.4 Å². The van der Waals surface area contributed by atoms with Crippen molar-refractivity contribution < 1.29 is 28.8 Å². The molecule has 2 rings (SSSR count). The zero-order chi connectivity index (χ0) is 31.3. The van der Waals surface area contributed by atoms with Crippen molar-refractivity contribution in [2.75, 3.05) is 23.7 Å². The Morgan fingerprint density at radius 2 is 0.881 bits per heavy atom. The molecule has 0 unspecified atom stereocenters. The molecule has 0 bridgehead atoms. The van der Waals surface area contributed by atoms with Gasteiger partial charge in [-0.05, 0) is 37.1 Å². The molecule has 0 atom stereocenters. The second kappa shape index (κ2) is 20.5. The zero-order valence-corrected chi connectivity index (χ0v) is 25.1. The van der Waals surface area contributed by atoms with Crippen molar-refractivity contribution >= 4 is 46.6 Å². The summed E-state index contributed by atoms with van der Waals surface area (Å²) in [5.41, 5.74) is 1.13. The van der Waals surface area contributed by atoms with E-state index in [0.29, 0.717) is 24.5 Å². The Morgan fingerprint density at radius 1 is 0.524 bits per heavy atom. The third-order valence-corrected chi connectivity index (χ3v) is 6.01. The molecule has 0 spiro atoms. The van der Waals surface area contributed by atoms with Crippen molar-refractivity contribution in [3.8, 4) is 0 Å². The van der Waals surface area contributed by atoms with Crippen molar-refractivity contribution in [3.05, 3.63) is 59.7 Å². The predicted molar refractivity (Wildman–Crippen MR) is 164 cm³/mol. The van der Waals surface area contributed by atoms with Crippen LogP contribution in [0.15, 0.2) is 48.5 Å². The number of para-hydroxylation sites is 2. The quantitative estimate of drug-likeness (QED) is 0.124. The molecule has 10 heteroatoms. The highest BCUT2D eigenvalue weighted by Gasteiger charge is 2.20. The molecular weight excluding hydrogens is 536 g/mol. The second-order valence-corrected chi connectivity index (χ2v) is 9.74. The van der Waals surface area contributed by atoms with Gasteiger partial charge < -0.3 is 21.3 Å². The minimum absolute atomic E-state index is 0.207. The van der Waals surface area contributed by atoms with Crippen molar-refractivity contribution in [1.82, 2.24) is 10.6 Å². The molecule has 4 amide bonds. The lowest BCUT2D eigenvalue weighted by Gasteiger charge is -2.09. The Balaban J connectivity index is 0.000000420. The van der Waals surface area contributed by atoms with Gasteiger partial charge in [-0.2, -0.15) is 0 Å². The first-order valence-electron chi connectivity index (χ1n) is 14.5. The summed E-state index contributed by atoms with van der Waals surface area (Å²) >= 11 is 0. The second-order valence-electron chi connectivity index (χ2n) is 9.74. The SMILES string of the molecule is CCCCCCNC(=O)C(=O)c1ccccc1NC(C)=O.CCCCCCNC(=O)C(=O)c1ccccc1NC(C)=O. The first kappa shape index (κ1) is 35.7. The Kier molecular flexibility index (Phi) is 17.4. The Bertz CT molecular complexity index is 1120. The summed E-state index contributed by atoms with van der Waals surface area (Å²) in [6.45, 7) is 7.92. The van der Waals surface area contributed by atoms with Crippen LogP contribution in [0.3, 0.4) is 0 Å². The maximum atomic E-state index is 12.1. The van der Waals surface area contributed by atoms with Gasteiger partial charge in [-0.25, -0.2) is 0 Å². The monoisotopic (exact) mass is 580 g/mol. The fourth-order valence-electron chi connectivity index (χ4n) is 3.87. The van der Waals surface area contributed by atoms with Crippen molar-refractivity contribution in [2.24, 2.45) is 0 Å². The van der Waals surface area contributed by atoms with Crippen LogP contribution in [-0.2, 0) is 19.2 Å². The predicted octanol–water partition coefficient (Wildman–Crippen LogP) is 5.05. The molecule has 0 heterocycles. The molecule has 2 aromatic carbocycles. The number of benzene rings is 2. The minimum atomic E-state index is -0.635. The van der Waals surface area contributed by atoms with Gasteiger partial charge in [0.05, 0.1) is 22.5 Å². The van der Waals surface area contributed by atoms with Gasteiger partial charge in [-0.15, -0.1) is 0 Å². The number of amides is 4. The van der Waals surface area contributed by atoms with Gasteiger partial charge in [0.25, 0.3) is 23.4 Å². The van der Waals surface area contributed by atoms with Crippen LogP contribution < -0.4 is 21.3 Å². The van der Waals surface area contributed by atoms with Crippen LogP contribution in [0.25, 0.3) is 0 Å². The number of carbonyl (C=O) groups is 6. The molecule has 0 aliphatic carbocycles. The number of hydrogen-bond acceptors (Lipinski definition) is 6. The standard InChI is InChI=1S/2C16H22N2O3/c2*1-3-4-5-8-11-17-16(21)15(20)13-9-6-7-10-14(13)18-12(2)19/h2*6-7,9-10H,3-5,8,11H2,1-2H3,(H,17,21)(H,18,19). The molecule has 4 N–H and O–H groups in total. The molecule has 0 radical (unpaired) electrons. The Morgan fingerprint density at radius 3 is 1.21 bits per heavy atom. The molecule has 0 aromatic heterocycles. The third kappa shape index (κ3) is 13.8. The normalized spacial score (nSPS) is 10.0. The summed E-state index contributed by atoms with van der Waals surface area (Å²) in [5.74, 6) is -3.09. The number of rotatable bonds is 16. The van der Waals surface area contributed by atoms with Crippen LogP contribution in [0, 0.1) is 0 Å². The number of Topliss-reactive ketones (excluding diaryl/α,β-unsaturated/α-hetero) is 2. The maximum absolute atomic E-state index is 12.1. The van der Waals surface area contributed by atoms with Crippen molar-refractivity contribution in [3.63, 3.8) is 0 Å². The number of anilines is 2. The van der Waals surface area contributed by atoms with Gasteiger partial charge in [0.2, 0.25) is 11.8 Å². The first-order chi connectivity index (χ1) is 20.1. The van der Waals surface area contributed by atoms with Crippen molar-refractivity contribution in [1.29, 1.82) is 0 Å². The smallest absolute Gasteiger partial charge is 0.292 e. The molecule has 0 aliphatic heterocycles. The van der Waals surface area contributed by atoms with Crippen LogP contribution in [0.4, 0.5) is 11.4 Å². The van der Waals surface area contributed by atoms with E-state index in [0.717, 1.165) is 51.4 Å². The van der Waals surface area contributed by atoms with Gasteiger partial charge >= 0.3 is 0 Å². The number of nitrogens with one attached hydrogen (secondary N) is 4. The molecule has 0 fully saturated rings. The summed E-state index contributed by atoms with van der Waals surface area (Å²) in [7, 11) is 0. The largest absolute Gasteiger partial charge is 0.349 e. The summed E-state index contributed by atoms with van der Waals surface area (Å²) in [6.07, 6.45) is 8.28. The lowest BCUT2D eigenvalue weighted by atomic mass is 10.1. The highest BCUT2D eigenvalue weighted by atomic mass is 16.2. The number of unbranched alkanes of at least 4 members (excludes halogenated alkanes) is 6. The molecule has 0 aliphatic rings. The molecule has 10 nitrogen and oxygen atoms in total. The molecule has 42 heavy (non-hydrogen) atoms.